The summed E-state index contributed by atoms with van der Waals surface area (Å²) < 4.78 is 5.41. The standard InChI is InChI=1S/C13H19N3O2/c1-18-12-3-2-8-16(9-12)11-6-4-10(5-7-11)13(14)15-17/h4-7,12,17H,2-3,8-9H2,1H3,(H2,14,15). The molecule has 1 aliphatic heterocycles. The van der Waals surface area contributed by atoms with Crippen molar-refractivity contribution in [3.8, 4) is 0 Å². The second kappa shape index (κ2) is 5.73. The highest BCUT2D eigenvalue weighted by Crippen LogP contribution is 2.21. The van der Waals surface area contributed by atoms with Gasteiger partial charge in [-0.3, -0.25) is 0 Å². The molecule has 0 bridgehead atoms. The molecule has 3 N–H and O–H groups in total. The summed E-state index contributed by atoms with van der Waals surface area (Å²) in [6, 6.07) is 7.71. The number of amidine groups is 1. The van der Waals surface area contributed by atoms with E-state index in [1.807, 2.05) is 24.3 Å². The van der Waals surface area contributed by atoms with E-state index < -0.39 is 0 Å². The number of nitrogens with zero attached hydrogens (tertiary/aromatic N) is 2. The molecule has 0 saturated carbocycles. The summed E-state index contributed by atoms with van der Waals surface area (Å²) in [5.74, 6) is 0.134. The number of benzene rings is 1. The first-order valence-corrected chi connectivity index (χ1v) is 6.10. The zero-order valence-electron chi connectivity index (χ0n) is 10.5. The Morgan fingerprint density at radius 2 is 2.17 bits per heavy atom. The number of piperidine rings is 1. The minimum atomic E-state index is 0.134. The molecule has 5 nitrogen and oxygen atoms in total. The van der Waals surface area contributed by atoms with Gasteiger partial charge in [0.2, 0.25) is 0 Å². The van der Waals surface area contributed by atoms with Gasteiger partial charge in [-0.1, -0.05) is 5.16 Å². The number of methoxy groups -OCH3 is 1. The minimum absolute atomic E-state index is 0.134. The number of ether oxygens (including phenoxy) is 1. The molecule has 0 aliphatic carbocycles. The first-order valence-electron chi connectivity index (χ1n) is 6.10. The highest BCUT2D eigenvalue weighted by molar-refractivity contribution is 5.97. The number of rotatable bonds is 3. The van der Waals surface area contributed by atoms with Crippen molar-refractivity contribution in [2.75, 3.05) is 25.1 Å². The van der Waals surface area contributed by atoms with E-state index in [9.17, 15) is 0 Å². The van der Waals surface area contributed by atoms with Crippen LogP contribution in [0.1, 0.15) is 18.4 Å². The normalized spacial score (nSPS) is 21.1. The summed E-state index contributed by atoms with van der Waals surface area (Å²) in [5, 5.41) is 11.6. The third kappa shape index (κ3) is 2.73. The lowest BCUT2D eigenvalue weighted by Gasteiger charge is -2.33. The largest absolute Gasteiger partial charge is 0.409 e. The predicted molar refractivity (Wildman–Crippen MR) is 71.2 cm³/mol. The van der Waals surface area contributed by atoms with Gasteiger partial charge in [0, 0.05) is 31.5 Å². The molecule has 0 radical (unpaired) electrons. The van der Waals surface area contributed by atoms with E-state index in [1.54, 1.807) is 7.11 Å². The number of hydrogen-bond acceptors (Lipinski definition) is 4. The summed E-state index contributed by atoms with van der Waals surface area (Å²) >= 11 is 0. The SMILES string of the molecule is COC1CCCN(c2ccc(/C(N)=N/O)cc2)C1. The quantitative estimate of drug-likeness (QED) is 0.367. The van der Waals surface area contributed by atoms with Crippen LogP contribution in [0.2, 0.25) is 0 Å². The summed E-state index contributed by atoms with van der Waals surface area (Å²) in [7, 11) is 1.76. The second-order valence-electron chi connectivity index (χ2n) is 4.48. The Kier molecular flexibility index (Phi) is 4.04. The van der Waals surface area contributed by atoms with Gasteiger partial charge in [0.15, 0.2) is 5.84 Å². The van der Waals surface area contributed by atoms with Crippen LogP contribution in [0.3, 0.4) is 0 Å². The van der Waals surface area contributed by atoms with Gasteiger partial charge in [-0.15, -0.1) is 0 Å². The van der Waals surface area contributed by atoms with Crippen LogP contribution in [0.15, 0.2) is 29.4 Å². The van der Waals surface area contributed by atoms with Crippen LogP contribution in [-0.2, 0) is 4.74 Å². The lowest BCUT2D eigenvalue weighted by atomic mass is 10.1. The zero-order chi connectivity index (χ0) is 13.0. The molecule has 1 fully saturated rings. The molecule has 1 atom stereocenters. The molecular weight excluding hydrogens is 230 g/mol. The molecule has 1 aliphatic rings. The van der Waals surface area contributed by atoms with Gasteiger partial charge in [0.1, 0.15) is 0 Å². The van der Waals surface area contributed by atoms with E-state index in [4.69, 9.17) is 15.7 Å². The first-order chi connectivity index (χ1) is 8.74. The molecule has 1 saturated heterocycles. The monoisotopic (exact) mass is 249 g/mol. The molecule has 1 aromatic carbocycles. The van der Waals surface area contributed by atoms with Crippen molar-refractivity contribution in [2.24, 2.45) is 10.9 Å². The molecule has 1 aromatic rings. The molecular formula is C13H19N3O2. The van der Waals surface area contributed by atoms with Crippen LogP contribution in [-0.4, -0.2) is 37.3 Å². The summed E-state index contributed by atoms with van der Waals surface area (Å²) in [6.45, 7) is 1.96. The van der Waals surface area contributed by atoms with Crippen LogP contribution < -0.4 is 10.6 Å². The predicted octanol–water partition coefficient (Wildman–Crippen LogP) is 1.40. The fourth-order valence-electron chi connectivity index (χ4n) is 2.27. The molecule has 2 rings (SSSR count). The third-order valence-corrected chi connectivity index (χ3v) is 3.35. The van der Waals surface area contributed by atoms with Crippen molar-refractivity contribution in [1.29, 1.82) is 0 Å². The number of nitrogens with two attached hydrogens (primary N) is 1. The van der Waals surface area contributed by atoms with Crippen molar-refractivity contribution in [3.63, 3.8) is 0 Å². The summed E-state index contributed by atoms with van der Waals surface area (Å²) in [6.07, 6.45) is 2.57. The molecule has 0 amide bonds. The summed E-state index contributed by atoms with van der Waals surface area (Å²) in [4.78, 5) is 2.30. The fraction of sp³-hybridized carbons (Fsp3) is 0.462. The van der Waals surface area contributed by atoms with Gasteiger partial charge in [0.05, 0.1) is 6.10 Å². The number of oxime groups is 1. The van der Waals surface area contributed by atoms with Gasteiger partial charge in [0.25, 0.3) is 0 Å². The molecule has 5 heteroatoms. The summed E-state index contributed by atoms with van der Waals surface area (Å²) in [5.41, 5.74) is 7.40. The Morgan fingerprint density at radius 1 is 1.44 bits per heavy atom. The molecule has 1 heterocycles. The maximum atomic E-state index is 8.61. The molecule has 0 aromatic heterocycles. The Hall–Kier alpha value is -1.75. The van der Waals surface area contributed by atoms with Crippen molar-refractivity contribution in [2.45, 2.75) is 18.9 Å². The lowest BCUT2D eigenvalue weighted by Crippen LogP contribution is -2.39. The number of hydrogen-bond donors (Lipinski definition) is 2. The molecule has 98 valence electrons. The van der Waals surface area contributed by atoms with Gasteiger partial charge in [-0.25, -0.2) is 0 Å². The van der Waals surface area contributed by atoms with Crippen LogP contribution in [0, 0.1) is 0 Å². The van der Waals surface area contributed by atoms with E-state index in [-0.39, 0.29) is 5.84 Å². The van der Waals surface area contributed by atoms with Crippen LogP contribution in [0.4, 0.5) is 5.69 Å². The van der Waals surface area contributed by atoms with Gasteiger partial charge in [-0.2, -0.15) is 0 Å². The van der Waals surface area contributed by atoms with Crippen molar-refractivity contribution < 1.29 is 9.94 Å². The third-order valence-electron chi connectivity index (χ3n) is 3.35. The smallest absolute Gasteiger partial charge is 0.170 e. The molecule has 18 heavy (non-hydrogen) atoms. The average Bonchev–Trinajstić information content (AvgIpc) is 2.46. The topological polar surface area (TPSA) is 71.1 Å². The minimum Gasteiger partial charge on any atom is -0.409 e. The van der Waals surface area contributed by atoms with Gasteiger partial charge in [-0.05, 0) is 37.1 Å². The maximum absolute atomic E-state index is 8.61. The zero-order valence-corrected chi connectivity index (χ0v) is 10.5. The Morgan fingerprint density at radius 3 is 2.78 bits per heavy atom. The Labute approximate surface area is 107 Å². The highest BCUT2D eigenvalue weighted by atomic mass is 16.5. The van der Waals surface area contributed by atoms with Gasteiger partial charge < -0.3 is 20.6 Å². The van der Waals surface area contributed by atoms with E-state index in [0.29, 0.717) is 6.10 Å². The van der Waals surface area contributed by atoms with Crippen molar-refractivity contribution >= 4 is 11.5 Å². The van der Waals surface area contributed by atoms with Crippen LogP contribution in [0.25, 0.3) is 0 Å². The number of anilines is 1. The first kappa shape index (κ1) is 12.7. The second-order valence-corrected chi connectivity index (χ2v) is 4.48. The Bertz CT molecular complexity index is 417. The molecule has 1 unspecified atom stereocenters. The van der Waals surface area contributed by atoms with E-state index in [0.717, 1.165) is 37.2 Å². The Balaban J connectivity index is 2.09. The van der Waals surface area contributed by atoms with E-state index in [1.165, 1.54) is 0 Å². The maximum Gasteiger partial charge on any atom is 0.170 e. The van der Waals surface area contributed by atoms with Crippen LogP contribution in [0.5, 0.6) is 0 Å². The van der Waals surface area contributed by atoms with Crippen LogP contribution >= 0.6 is 0 Å². The average molecular weight is 249 g/mol. The van der Waals surface area contributed by atoms with E-state index in [2.05, 4.69) is 10.1 Å². The highest BCUT2D eigenvalue weighted by Gasteiger charge is 2.19. The van der Waals surface area contributed by atoms with Crippen molar-refractivity contribution in [1.82, 2.24) is 0 Å². The molecule has 0 spiro atoms. The van der Waals surface area contributed by atoms with Gasteiger partial charge >= 0.3 is 0 Å². The van der Waals surface area contributed by atoms with E-state index >= 15 is 0 Å². The van der Waals surface area contributed by atoms with Crippen molar-refractivity contribution in [3.05, 3.63) is 29.8 Å². The lowest BCUT2D eigenvalue weighted by molar-refractivity contribution is 0.0893. The fourth-order valence-corrected chi connectivity index (χ4v) is 2.27.